The van der Waals surface area contributed by atoms with E-state index in [1.165, 1.54) is 0 Å². The van der Waals surface area contributed by atoms with Crippen molar-refractivity contribution in [1.29, 1.82) is 0 Å². The summed E-state index contributed by atoms with van der Waals surface area (Å²) in [5, 5.41) is 30.0. The summed E-state index contributed by atoms with van der Waals surface area (Å²) >= 11 is 0. The van der Waals surface area contributed by atoms with Gasteiger partial charge in [-0.2, -0.15) is 0 Å². The fourth-order valence-corrected chi connectivity index (χ4v) is 3.53. The van der Waals surface area contributed by atoms with Gasteiger partial charge in [0.05, 0.1) is 5.52 Å². The summed E-state index contributed by atoms with van der Waals surface area (Å²) in [5.41, 5.74) is 8.69. The van der Waals surface area contributed by atoms with Crippen LogP contribution in [0, 0.1) is 0 Å². The number of rotatable bonds is 8. The van der Waals surface area contributed by atoms with Gasteiger partial charge in [-0.05, 0) is 24.1 Å². The van der Waals surface area contributed by atoms with Crippen molar-refractivity contribution in [2.45, 2.75) is 32.2 Å². The van der Waals surface area contributed by atoms with Gasteiger partial charge in [0, 0.05) is 23.2 Å². The standard InChI is InChI=1S/C21H24N2O5.Na.H/c1-2-14-19(20(26)21(22)27)18-15(9-6-10-16(18)28-12-17(24)25)23(14)11-13-7-4-3-5-8-13;;/h3-10,20-21,26-27H,2,11-12,22H2,1H3,(H,24,25);;. The van der Waals surface area contributed by atoms with E-state index in [2.05, 4.69) is 0 Å². The molecule has 2 atom stereocenters. The van der Waals surface area contributed by atoms with Gasteiger partial charge in [0.15, 0.2) is 6.61 Å². The molecule has 0 aliphatic carbocycles. The second-order valence-electron chi connectivity index (χ2n) is 6.55. The SMILES string of the molecule is CCc1c(C(O)C(N)O)c2c(OCC(=O)O)cccc2n1Cc1ccccc1.[NaH]. The quantitative estimate of drug-likeness (QED) is 0.330. The van der Waals surface area contributed by atoms with Gasteiger partial charge in [0.25, 0.3) is 0 Å². The van der Waals surface area contributed by atoms with Gasteiger partial charge in [-0.25, -0.2) is 4.79 Å². The zero-order valence-corrected chi connectivity index (χ0v) is 15.6. The molecule has 0 bridgehead atoms. The van der Waals surface area contributed by atoms with E-state index in [9.17, 15) is 15.0 Å². The zero-order valence-electron chi connectivity index (χ0n) is 15.6. The van der Waals surface area contributed by atoms with Crippen LogP contribution in [-0.4, -0.2) is 68.2 Å². The van der Waals surface area contributed by atoms with Crippen molar-refractivity contribution in [2.24, 2.45) is 5.73 Å². The summed E-state index contributed by atoms with van der Waals surface area (Å²) in [7, 11) is 0. The van der Waals surface area contributed by atoms with E-state index in [-0.39, 0.29) is 29.6 Å². The first-order chi connectivity index (χ1) is 13.4. The van der Waals surface area contributed by atoms with Crippen LogP contribution >= 0.6 is 0 Å². The maximum absolute atomic E-state index is 11.0. The number of nitrogens with zero attached hydrogens (tertiary/aromatic N) is 1. The molecular weight excluding hydrogens is 383 g/mol. The first-order valence-corrected chi connectivity index (χ1v) is 9.08. The van der Waals surface area contributed by atoms with E-state index >= 15 is 0 Å². The van der Waals surface area contributed by atoms with Crippen molar-refractivity contribution in [2.75, 3.05) is 6.61 Å². The summed E-state index contributed by atoms with van der Waals surface area (Å²) < 4.78 is 7.51. The molecule has 1 heterocycles. The van der Waals surface area contributed by atoms with Crippen molar-refractivity contribution in [3.63, 3.8) is 0 Å². The van der Waals surface area contributed by atoms with Crippen molar-refractivity contribution >= 4 is 46.4 Å². The molecule has 0 saturated carbocycles. The molecule has 3 aromatic rings. The van der Waals surface area contributed by atoms with Gasteiger partial charge in [0.1, 0.15) is 18.1 Å². The van der Waals surface area contributed by atoms with E-state index in [0.717, 1.165) is 16.8 Å². The van der Waals surface area contributed by atoms with E-state index in [0.29, 0.717) is 29.7 Å². The van der Waals surface area contributed by atoms with Crippen molar-refractivity contribution in [3.05, 3.63) is 65.4 Å². The molecular formula is C21H25N2NaO5. The fraction of sp³-hybridized carbons (Fsp3) is 0.286. The molecule has 8 heteroatoms. The Hall–Kier alpha value is -1.87. The summed E-state index contributed by atoms with van der Waals surface area (Å²) in [6.45, 7) is 1.99. The van der Waals surface area contributed by atoms with Crippen LogP contribution in [0.1, 0.15) is 29.8 Å². The summed E-state index contributed by atoms with van der Waals surface area (Å²) in [6, 6.07) is 15.2. The Bertz CT molecular complexity index is 972. The molecule has 0 fully saturated rings. The third kappa shape index (κ3) is 5.01. The Morgan fingerprint density at radius 2 is 1.83 bits per heavy atom. The van der Waals surface area contributed by atoms with Gasteiger partial charge >= 0.3 is 35.5 Å². The molecule has 0 aliphatic rings. The van der Waals surface area contributed by atoms with Crippen molar-refractivity contribution in [3.8, 4) is 5.75 Å². The van der Waals surface area contributed by atoms with Crippen LogP contribution in [0.5, 0.6) is 5.75 Å². The number of fused-ring (bicyclic) bond motifs is 1. The minimum absolute atomic E-state index is 0. The summed E-state index contributed by atoms with van der Waals surface area (Å²) in [6.07, 6.45) is -2.23. The Balaban J connectivity index is 0.00000300. The Morgan fingerprint density at radius 1 is 1.14 bits per heavy atom. The molecule has 2 aromatic carbocycles. The number of benzene rings is 2. The van der Waals surface area contributed by atoms with Gasteiger partial charge in [0.2, 0.25) is 0 Å². The number of aliphatic carboxylic acids is 1. The van der Waals surface area contributed by atoms with Crippen LogP contribution in [-0.2, 0) is 17.8 Å². The maximum atomic E-state index is 11.0. The van der Waals surface area contributed by atoms with E-state index in [1.54, 1.807) is 12.1 Å². The van der Waals surface area contributed by atoms with E-state index < -0.39 is 24.9 Å². The van der Waals surface area contributed by atoms with Crippen LogP contribution in [0.25, 0.3) is 10.9 Å². The second-order valence-corrected chi connectivity index (χ2v) is 6.55. The number of aliphatic hydroxyl groups is 2. The number of hydrogen-bond donors (Lipinski definition) is 4. The topological polar surface area (TPSA) is 118 Å². The molecule has 1 aromatic heterocycles. The predicted molar refractivity (Wildman–Crippen MR) is 112 cm³/mol. The van der Waals surface area contributed by atoms with Gasteiger partial charge < -0.3 is 30.4 Å². The molecule has 3 rings (SSSR count). The first kappa shape index (κ1) is 23.4. The molecule has 0 aliphatic heterocycles. The molecule has 7 nitrogen and oxygen atoms in total. The van der Waals surface area contributed by atoms with Crippen LogP contribution in [0.15, 0.2) is 48.5 Å². The minimum atomic E-state index is -1.48. The number of carbonyl (C=O) groups is 1. The third-order valence-electron chi connectivity index (χ3n) is 4.69. The number of carboxylic acids is 1. The van der Waals surface area contributed by atoms with E-state index in [4.69, 9.17) is 15.6 Å². The van der Waals surface area contributed by atoms with Gasteiger partial charge in [-0.1, -0.05) is 43.3 Å². The normalized spacial score (nSPS) is 13.0. The van der Waals surface area contributed by atoms with Crippen molar-refractivity contribution < 1.29 is 24.9 Å². The number of hydrogen-bond acceptors (Lipinski definition) is 5. The molecule has 0 amide bonds. The third-order valence-corrected chi connectivity index (χ3v) is 4.69. The number of aromatic nitrogens is 1. The Morgan fingerprint density at radius 3 is 2.41 bits per heavy atom. The van der Waals surface area contributed by atoms with Gasteiger partial charge in [-0.15, -0.1) is 0 Å². The second kappa shape index (κ2) is 10.2. The first-order valence-electron chi connectivity index (χ1n) is 9.08. The summed E-state index contributed by atoms with van der Waals surface area (Å²) in [4.78, 5) is 11.0. The Labute approximate surface area is 191 Å². The predicted octanol–water partition coefficient (Wildman–Crippen LogP) is 1.38. The number of ether oxygens (including phenoxy) is 1. The molecule has 2 unspecified atom stereocenters. The number of nitrogens with two attached hydrogens (primary N) is 1. The van der Waals surface area contributed by atoms with E-state index in [1.807, 2.05) is 47.9 Å². The number of aliphatic hydroxyl groups excluding tert-OH is 2. The number of carboxylic acid groups (broad SMARTS) is 1. The molecule has 29 heavy (non-hydrogen) atoms. The zero-order chi connectivity index (χ0) is 20.3. The van der Waals surface area contributed by atoms with Crippen LogP contribution in [0.4, 0.5) is 0 Å². The molecule has 0 spiro atoms. The average Bonchev–Trinajstić information content (AvgIpc) is 3.00. The molecule has 0 radical (unpaired) electrons. The monoisotopic (exact) mass is 408 g/mol. The fourth-order valence-electron chi connectivity index (χ4n) is 3.53. The summed E-state index contributed by atoms with van der Waals surface area (Å²) in [5.74, 6) is -0.770. The molecule has 150 valence electrons. The van der Waals surface area contributed by atoms with Crippen molar-refractivity contribution in [1.82, 2.24) is 4.57 Å². The van der Waals surface area contributed by atoms with Crippen LogP contribution in [0.2, 0.25) is 0 Å². The van der Waals surface area contributed by atoms with Gasteiger partial charge in [-0.3, -0.25) is 0 Å². The molecule has 0 saturated heterocycles. The van der Waals surface area contributed by atoms with Crippen LogP contribution in [0.3, 0.4) is 0 Å². The van der Waals surface area contributed by atoms with Crippen LogP contribution < -0.4 is 10.5 Å². The molecule has 5 N–H and O–H groups in total. The average molecular weight is 408 g/mol. The Kier molecular flexibility index (Phi) is 8.27.